The van der Waals surface area contributed by atoms with Crippen LogP contribution in [0, 0.1) is 0 Å². The van der Waals surface area contributed by atoms with Gasteiger partial charge >= 0.3 is 0 Å². The summed E-state index contributed by atoms with van der Waals surface area (Å²) in [5.41, 5.74) is 2.68. The lowest BCUT2D eigenvalue weighted by Crippen LogP contribution is -2.39. The Morgan fingerprint density at radius 1 is 1.12 bits per heavy atom. The molecule has 2 N–H and O–H groups in total. The Balaban J connectivity index is 1.79. The zero-order valence-corrected chi connectivity index (χ0v) is 9.14. The summed E-state index contributed by atoms with van der Waals surface area (Å²) in [4.78, 5) is 11.8. The van der Waals surface area contributed by atoms with Crippen LogP contribution < -0.4 is 10.6 Å². The summed E-state index contributed by atoms with van der Waals surface area (Å²) in [5.74, 6) is -0.0252. The number of carbonyl (C=O) groups is 1. The van der Waals surface area contributed by atoms with Gasteiger partial charge in [-0.05, 0) is 5.56 Å². The molecule has 2 heterocycles. The minimum atomic E-state index is -0.248. The van der Waals surface area contributed by atoms with Crippen LogP contribution in [0.1, 0.15) is 5.56 Å². The van der Waals surface area contributed by atoms with Gasteiger partial charge in [-0.2, -0.15) is 0 Å². The Bertz CT molecular complexity index is 533. The average molecular weight is 228 g/mol. The molecule has 3 rings (SSSR count). The van der Waals surface area contributed by atoms with Crippen LogP contribution in [0.2, 0.25) is 0 Å². The molecule has 0 fully saturated rings. The van der Waals surface area contributed by atoms with E-state index in [2.05, 4.69) is 10.6 Å². The predicted molar refractivity (Wildman–Crippen MR) is 64.9 cm³/mol. The minimum absolute atomic E-state index is 0.0252. The second-order valence-corrected chi connectivity index (χ2v) is 4.08. The van der Waals surface area contributed by atoms with E-state index in [-0.39, 0.29) is 11.9 Å². The average Bonchev–Trinajstić information content (AvgIpc) is 2.78. The summed E-state index contributed by atoms with van der Waals surface area (Å²) < 4.78 is 5.04. The highest BCUT2D eigenvalue weighted by Crippen LogP contribution is 2.28. The van der Waals surface area contributed by atoms with Gasteiger partial charge in [0.1, 0.15) is 24.3 Å². The van der Waals surface area contributed by atoms with Crippen LogP contribution in [0.25, 0.3) is 0 Å². The molecule has 86 valence electrons. The molecule has 1 aromatic heterocycles. The first kappa shape index (κ1) is 9.96. The second kappa shape index (κ2) is 3.97. The van der Waals surface area contributed by atoms with Crippen LogP contribution in [0.15, 0.2) is 47.3 Å². The molecule has 1 unspecified atom stereocenters. The molecule has 1 aliphatic heterocycles. The third kappa shape index (κ3) is 1.89. The number of anilines is 2. The maximum Gasteiger partial charge on any atom is 0.247 e. The Kier molecular flexibility index (Phi) is 2.33. The van der Waals surface area contributed by atoms with E-state index in [1.165, 1.54) is 6.26 Å². The summed E-state index contributed by atoms with van der Waals surface area (Å²) in [5, 5.41) is 5.98. The first-order valence-corrected chi connectivity index (χ1v) is 5.50. The molecule has 0 bridgehead atoms. The van der Waals surface area contributed by atoms with Gasteiger partial charge < -0.3 is 15.1 Å². The fourth-order valence-electron chi connectivity index (χ4n) is 1.97. The number of hydrogen-bond acceptors (Lipinski definition) is 3. The van der Waals surface area contributed by atoms with Crippen molar-refractivity contribution in [2.75, 3.05) is 10.6 Å². The number of furan rings is 1. The predicted octanol–water partition coefficient (Wildman–Crippen LogP) is 2.25. The first-order chi connectivity index (χ1) is 8.33. The van der Waals surface area contributed by atoms with Crippen LogP contribution in [0.3, 0.4) is 0 Å². The van der Waals surface area contributed by atoms with Crippen molar-refractivity contribution < 1.29 is 9.21 Å². The third-order valence-corrected chi connectivity index (χ3v) is 2.85. The van der Waals surface area contributed by atoms with Crippen molar-refractivity contribution in [2.45, 2.75) is 12.5 Å². The zero-order chi connectivity index (χ0) is 11.7. The monoisotopic (exact) mass is 228 g/mol. The van der Waals surface area contributed by atoms with Crippen molar-refractivity contribution in [1.29, 1.82) is 0 Å². The van der Waals surface area contributed by atoms with Crippen molar-refractivity contribution in [3.63, 3.8) is 0 Å². The molecule has 2 aromatic rings. The van der Waals surface area contributed by atoms with E-state index in [1.807, 2.05) is 30.3 Å². The highest BCUT2D eigenvalue weighted by molar-refractivity contribution is 6.02. The van der Waals surface area contributed by atoms with Crippen LogP contribution in [0.5, 0.6) is 0 Å². The number of hydrogen-bond donors (Lipinski definition) is 2. The van der Waals surface area contributed by atoms with Gasteiger partial charge in [-0.25, -0.2) is 0 Å². The normalized spacial score (nSPS) is 18.1. The van der Waals surface area contributed by atoms with E-state index in [0.29, 0.717) is 12.1 Å². The number of fused-ring (bicyclic) bond motifs is 1. The lowest BCUT2D eigenvalue weighted by molar-refractivity contribution is -0.117. The number of benzene rings is 1. The van der Waals surface area contributed by atoms with Gasteiger partial charge in [0, 0.05) is 6.42 Å². The van der Waals surface area contributed by atoms with E-state index in [4.69, 9.17) is 4.42 Å². The van der Waals surface area contributed by atoms with Crippen molar-refractivity contribution in [3.05, 3.63) is 48.4 Å². The number of nitrogens with one attached hydrogen (secondary N) is 2. The quantitative estimate of drug-likeness (QED) is 0.828. The fourth-order valence-corrected chi connectivity index (χ4v) is 1.97. The zero-order valence-electron chi connectivity index (χ0n) is 9.14. The SMILES string of the molecule is O=C1Nc2cocc2NC1Cc1ccccc1. The van der Waals surface area contributed by atoms with E-state index in [0.717, 1.165) is 11.3 Å². The van der Waals surface area contributed by atoms with Crippen LogP contribution >= 0.6 is 0 Å². The summed E-state index contributed by atoms with van der Waals surface area (Å²) in [7, 11) is 0. The minimum Gasteiger partial charge on any atom is -0.468 e. The van der Waals surface area contributed by atoms with Gasteiger partial charge in [-0.3, -0.25) is 4.79 Å². The van der Waals surface area contributed by atoms with Crippen LogP contribution in [-0.4, -0.2) is 11.9 Å². The maximum atomic E-state index is 11.8. The highest BCUT2D eigenvalue weighted by atomic mass is 16.3. The smallest absolute Gasteiger partial charge is 0.247 e. The summed E-state index contributed by atoms with van der Waals surface area (Å²) >= 11 is 0. The molecule has 4 heteroatoms. The Labute approximate surface area is 98.6 Å². The molecular formula is C13H12N2O2. The van der Waals surface area contributed by atoms with E-state index >= 15 is 0 Å². The first-order valence-electron chi connectivity index (χ1n) is 5.50. The molecule has 0 aliphatic carbocycles. The van der Waals surface area contributed by atoms with Gasteiger partial charge in [-0.15, -0.1) is 0 Å². The van der Waals surface area contributed by atoms with Crippen LogP contribution in [0.4, 0.5) is 11.4 Å². The highest BCUT2D eigenvalue weighted by Gasteiger charge is 2.26. The van der Waals surface area contributed by atoms with Crippen molar-refractivity contribution >= 4 is 17.3 Å². The van der Waals surface area contributed by atoms with E-state index in [1.54, 1.807) is 6.26 Å². The topological polar surface area (TPSA) is 54.3 Å². The summed E-state index contributed by atoms with van der Waals surface area (Å²) in [6.45, 7) is 0. The van der Waals surface area contributed by atoms with Gasteiger partial charge in [0.2, 0.25) is 5.91 Å². The van der Waals surface area contributed by atoms with Crippen molar-refractivity contribution in [2.24, 2.45) is 0 Å². The Morgan fingerprint density at radius 2 is 1.88 bits per heavy atom. The molecule has 4 nitrogen and oxygen atoms in total. The Hall–Kier alpha value is -2.23. The maximum absolute atomic E-state index is 11.8. The van der Waals surface area contributed by atoms with Crippen molar-refractivity contribution in [1.82, 2.24) is 0 Å². The molecule has 0 spiro atoms. The number of amides is 1. The second-order valence-electron chi connectivity index (χ2n) is 4.08. The standard InChI is InChI=1S/C13H12N2O2/c16-13-10(6-9-4-2-1-3-5-9)14-11-7-17-8-12(11)15-13/h1-5,7-8,10,14H,6H2,(H,15,16). The van der Waals surface area contributed by atoms with Crippen LogP contribution in [-0.2, 0) is 11.2 Å². The summed E-state index contributed by atoms with van der Waals surface area (Å²) in [6.07, 6.45) is 3.79. The molecular weight excluding hydrogens is 216 g/mol. The lowest BCUT2D eigenvalue weighted by atomic mass is 10.0. The number of rotatable bonds is 2. The molecule has 1 aromatic carbocycles. The molecule has 1 amide bonds. The largest absolute Gasteiger partial charge is 0.468 e. The molecule has 1 aliphatic rings. The van der Waals surface area contributed by atoms with E-state index in [9.17, 15) is 4.79 Å². The van der Waals surface area contributed by atoms with Gasteiger partial charge in [-0.1, -0.05) is 30.3 Å². The Morgan fingerprint density at radius 3 is 2.71 bits per heavy atom. The number of carbonyl (C=O) groups excluding carboxylic acids is 1. The third-order valence-electron chi connectivity index (χ3n) is 2.85. The molecule has 17 heavy (non-hydrogen) atoms. The van der Waals surface area contributed by atoms with Crippen molar-refractivity contribution in [3.8, 4) is 0 Å². The molecule has 0 radical (unpaired) electrons. The lowest BCUT2D eigenvalue weighted by Gasteiger charge is -2.23. The molecule has 0 saturated carbocycles. The summed E-state index contributed by atoms with van der Waals surface area (Å²) in [6, 6.07) is 9.69. The van der Waals surface area contributed by atoms with Gasteiger partial charge in [0.25, 0.3) is 0 Å². The van der Waals surface area contributed by atoms with Gasteiger partial charge in [0.15, 0.2) is 0 Å². The fraction of sp³-hybridized carbons (Fsp3) is 0.154. The van der Waals surface area contributed by atoms with E-state index < -0.39 is 0 Å². The molecule has 0 saturated heterocycles. The van der Waals surface area contributed by atoms with Gasteiger partial charge in [0.05, 0.1) is 5.69 Å². The molecule has 1 atom stereocenters.